The van der Waals surface area contributed by atoms with Crippen LogP contribution in [0.5, 0.6) is 0 Å². The fraction of sp³-hybridized carbons (Fsp3) is 0.118. The van der Waals surface area contributed by atoms with E-state index in [2.05, 4.69) is 10.4 Å². The Labute approximate surface area is 168 Å². The quantitative estimate of drug-likeness (QED) is 0.272. The molecule has 138 valence electrons. The molecule has 0 spiro atoms. The van der Waals surface area contributed by atoms with E-state index in [1.807, 2.05) is 30.3 Å². The summed E-state index contributed by atoms with van der Waals surface area (Å²) in [4.78, 5) is 22.8. The Morgan fingerprint density at radius 2 is 2.07 bits per heavy atom. The van der Waals surface area contributed by atoms with Crippen LogP contribution in [0.25, 0.3) is 5.69 Å². The van der Waals surface area contributed by atoms with Crippen molar-refractivity contribution in [3.63, 3.8) is 0 Å². The lowest BCUT2D eigenvalue weighted by Gasteiger charge is -2.06. The maximum Gasteiger partial charge on any atom is 0.293 e. The lowest BCUT2D eigenvalue weighted by atomic mass is 10.2. The fourth-order valence-electron chi connectivity index (χ4n) is 2.26. The van der Waals surface area contributed by atoms with Crippen LogP contribution in [-0.4, -0.2) is 26.4 Å². The van der Waals surface area contributed by atoms with Crippen LogP contribution in [0.1, 0.15) is 5.56 Å². The summed E-state index contributed by atoms with van der Waals surface area (Å²) in [5.41, 5.74) is 1.65. The van der Waals surface area contributed by atoms with Crippen molar-refractivity contribution in [3.05, 3.63) is 68.2 Å². The van der Waals surface area contributed by atoms with Crippen LogP contribution in [0.15, 0.2) is 52.9 Å². The molecule has 0 unspecified atom stereocenters. The number of thioether (sulfide) groups is 1. The number of nitrogens with zero attached hydrogens (tertiary/aromatic N) is 3. The Balaban J connectivity index is 1.67. The number of aryl methyl sites for hydroxylation is 1. The number of amides is 1. The molecule has 0 aliphatic heterocycles. The van der Waals surface area contributed by atoms with Gasteiger partial charge in [0.1, 0.15) is 5.69 Å². The average Bonchev–Trinajstić information content (AvgIpc) is 3.03. The van der Waals surface area contributed by atoms with E-state index in [1.54, 1.807) is 17.7 Å². The number of nitro groups is 1. The molecule has 3 rings (SSSR count). The number of benzene rings is 2. The summed E-state index contributed by atoms with van der Waals surface area (Å²) in [6.45, 7) is 1.76. The molecule has 10 heteroatoms. The van der Waals surface area contributed by atoms with E-state index in [-0.39, 0.29) is 23.0 Å². The third-order valence-corrected chi connectivity index (χ3v) is 5.85. The predicted molar refractivity (Wildman–Crippen MR) is 109 cm³/mol. The Morgan fingerprint density at radius 3 is 2.78 bits per heavy atom. The summed E-state index contributed by atoms with van der Waals surface area (Å²) in [5, 5.41) is 18.1. The highest BCUT2D eigenvalue weighted by Crippen LogP contribution is 2.27. The normalized spacial score (nSPS) is 10.6. The maximum atomic E-state index is 12.2. The zero-order valence-electron chi connectivity index (χ0n) is 14.1. The van der Waals surface area contributed by atoms with Gasteiger partial charge in [-0.15, -0.1) is 5.10 Å². The monoisotopic (exact) mass is 418 g/mol. The lowest BCUT2D eigenvalue weighted by Crippen LogP contribution is -2.15. The molecule has 0 fully saturated rings. The molecule has 1 N–H and O–H groups in total. The average molecular weight is 419 g/mol. The minimum atomic E-state index is -0.511. The van der Waals surface area contributed by atoms with E-state index in [1.165, 1.54) is 35.2 Å². The molecule has 0 aliphatic rings. The van der Waals surface area contributed by atoms with E-state index in [9.17, 15) is 14.9 Å². The summed E-state index contributed by atoms with van der Waals surface area (Å²) in [6.07, 6.45) is 0. The first-order valence-corrected chi connectivity index (χ1v) is 9.98. The molecule has 7 nitrogen and oxygen atoms in total. The second-order valence-electron chi connectivity index (χ2n) is 5.50. The van der Waals surface area contributed by atoms with Crippen LogP contribution in [0.2, 0.25) is 0 Å². The molecular weight excluding hydrogens is 404 g/mol. The summed E-state index contributed by atoms with van der Waals surface area (Å²) < 4.78 is 2.88. The highest BCUT2D eigenvalue weighted by atomic mass is 32.2. The molecule has 1 aromatic heterocycles. The van der Waals surface area contributed by atoms with E-state index < -0.39 is 4.92 Å². The number of hydrogen-bond donors (Lipinski definition) is 1. The highest BCUT2D eigenvalue weighted by Gasteiger charge is 2.16. The van der Waals surface area contributed by atoms with Gasteiger partial charge in [-0.25, -0.2) is 4.68 Å². The number of carbonyl (C=O) groups is 1. The van der Waals surface area contributed by atoms with Crippen molar-refractivity contribution in [3.8, 4) is 5.69 Å². The van der Waals surface area contributed by atoms with Crippen LogP contribution in [-0.2, 0) is 4.79 Å². The number of hydrogen-bond acceptors (Lipinski definition) is 7. The van der Waals surface area contributed by atoms with Crippen molar-refractivity contribution in [1.29, 1.82) is 0 Å². The summed E-state index contributed by atoms with van der Waals surface area (Å²) in [5.74, 6) is -0.276. The molecule has 0 saturated carbocycles. The zero-order chi connectivity index (χ0) is 19.4. The number of aromatic nitrogens is 2. The molecule has 0 saturated heterocycles. The van der Waals surface area contributed by atoms with Gasteiger partial charge >= 0.3 is 0 Å². The first kappa shape index (κ1) is 19.2. The number of carbonyl (C=O) groups excluding carboxylic acids is 1. The highest BCUT2D eigenvalue weighted by molar-refractivity contribution is 8.01. The molecule has 0 aliphatic carbocycles. The van der Waals surface area contributed by atoms with Gasteiger partial charge in [0, 0.05) is 6.07 Å². The lowest BCUT2D eigenvalue weighted by molar-refractivity contribution is -0.384. The van der Waals surface area contributed by atoms with Crippen molar-refractivity contribution in [2.45, 2.75) is 11.3 Å². The maximum absolute atomic E-state index is 12.2. The molecule has 1 heterocycles. The summed E-state index contributed by atoms with van der Waals surface area (Å²) in [6, 6.07) is 14.2. The molecule has 1 amide bonds. The Morgan fingerprint density at radius 1 is 1.33 bits per heavy atom. The van der Waals surface area contributed by atoms with Crippen LogP contribution in [0.3, 0.4) is 0 Å². The standard InChI is InChI=1S/C17H14N4O3S3/c1-11-7-8-13(14(9-11)21(23)24)18-15(22)10-26-16-19-20(17(25)27-16)12-5-3-2-4-6-12/h2-9H,10H2,1H3,(H,18,22). The Kier molecular flexibility index (Phi) is 5.99. The second kappa shape index (κ2) is 8.42. The van der Waals surface area contributed by atoms with Gasteiger partial charge in [-0.2, -0.15) is 0 Å². The van der Waals surface area contributed by atoms with Crippen molar-refractivity contribution in [1.82, 2.24) is 9.78 Å². The smallest absolute Gasteiger partial charge is 0.293 e. The van der Waals surface area contributed by atoms with Crippen LogP contribution >= 0.6 is 35.3 Å². The Bertz CT molecular complexity index is 1050. The van der Waals surface area contributed by atoms with Crippen LogP contribution in [0.4, 0.5) is 11.4 Å². The van der Waals surface area contributed by atoms with Crippen molar-refractivity contribution >= 4 is 52.6 Å². The minimum absolute atomic E-state index is 0.0715. The van der Waals surface area contributed by atoms with E-state index in [0.717, 1.165) is 11.3 Å². The van der Waals surface area contributed by atoms with E-state index in [0.29, 0.717) is 8.29 Å². The van der Waals surface area contributed by atoms with Gasteiger partial charge in [0.05, 0.1) is 16.4 Å². The zero-order valence-corrected chi connectivity index (χ0v) is 16.6. The van der Waals surface area contributed by atoms with Gasteiger partial charge in [0.15, 0.2) is 8.29 Å². The molecular formula is C17H14N4O3S3. The van der Waals surface area contributed by atoms with Gasteiger partial charge in [0.2, 0.25) is 5.91 Å². The fourth-order valence-corrected chi connectivity index (χ4v) is 4.42. The number of anilines is 1. The second-order valence-corrected chi connectivity index (χ2v) is 8.34. The van der Waals surface area contributed by atoms with Crippen molar-refractivity contribution in [2.75, 3.05) is 11.1 Å². The minimum Gasteiger partial charge on any atom is -0.320 e. The summed E-state index contributed by atoms with van der Waals surface area (Å²) in [7, 11) is 0. The number of nitro benzene ring substituents is 1. The molecule has 27 heavy (non-hydrogen) atoms. The molecule has 0 radical (unpaired) electrons. The Hall–Kier alpha value is -2.56. The molecule has 2 aromatic carbocycles. The van der Waals surface area contributed by atoms with E-state index in [4.69, 9.17) is 12.2 Å². The third kappa shape index (κ3) is 4.79. The number of para-hydroxylation sites is 1. The first-order valence-electron chi connectivity index (χ1n) is 7.77. The van der Waals surface area contributed by atoms with Gasteiger partial charge in [-0.05, 0) is 42.9 Å². The van der Waals surface area contributed by atoms with Crippen LogP contribution < -0.4 is 5.32 Å². The molecule has 0 atom stereocenters. The van der Waals surface area contributed by atoms with Crippen LogP contribution in [0, 0.1) is 21.0 Å². The largest absolute Gasteiger partial charge is 0.320 e. The summed E-state index contributed by atoms with van der Waals surface area (Å²) >= 11 is 7.87. The van der Waals surface area contributed by atoms with Crippen molar-refractivity contribution in [2.24, 2.45) is 0 Å². The predicted octanol–water partition coefficient (Wildman–Crippen LogP) is 4.61. The third-order valence-electron chi connectivity index (χ3n) is 3.48. The van der Waals surface area contributed by atoms with Gasteiger partial charge in [-0.3, -0.25) is 14.9 Å². The molecule has 0 bridgehead atoms. The SMILES string of the molecule is Cc1ccc(NC(=O)CSc2nn(-c3ccccc3)c(=S)s2)c([N+](=O)[O-])c1. The van der Waals surface area contributed by atoms with Gasteiger partial charge < -0.3 is 5.32 Å². The number of nitrogens with one attached hydrogen (secondary N) is 1. The van der Waals surface area contributed by atoms with Gasteiger partial charge in [0.25, 0.3) is 5.69 Å². The topological polar surface area (TPSA) is 90.1 Å². The molecule has 3 aromatic rings. The van der Waals surface area contributed by atoms with Gasteiger partial charge in [-0.1, -0.05) is 47.4 Å². The number of rotatable bonds is 6. The van der Waals surface area contributed by atoms with E-state index >= 15 is 0 Å². The first-order chi connectivity index (χ1) is 12.9. The van der Waals surface area contributed by atoms with Crippen molar-refractivity contribution < 1.29 is 9.72 Å².